The monoisotopic (exact) mass is 379 g/mol. The third kappa shape index (κ3) is 3.01. The minimum Gasteiger partial charge on any atom is -0.332 e. The van der Waals surface area contributed by atoms with E-state index in [4.69, 9.17) is 0 Å². The zero-order chi connectivity index (χ0) is 15.7. The van der Waals surface area contributed by atoms with Crippen LogP contribution in [0.5, 0.6) is 0 Å². The van der Waals surface area contributed by atoms with Crippen LogP contribution in [0.3, 0.4) is 0 Å². The van der Waals surface area contributed by atoms with Gasteiger partial charge < -0.3 is 4.90 Å². The molecule has 22 heavy (non-hydrogen) atoms. The van der Waals surface area contributed by atoms with Crippen molar-refractivity contribution < 1.29 is 9.18 Å². The average Bonchev–Trinajstić information content (AvgIpc) is 2.98. The topological polar surface area (TPSA) is 20.3 Å². The molecule has 0 N–H and O–H groups in total. The molecule has 5 heteroatoms. The van der Waals surface area contributed by atoms with E-state index in [2.05, 4.69) is 27.4 Å². The van der Waals surface area contributed by atoms with Crippen LogP contribution in [0.25, 0.3) is 6.08 Å². The summed E-state index contributed by atoms with van der Waals surface area (Å²) in [6, 6.07) is 6.84. The van der Waals surface area contributed by atoms with Crippen LogP contribution in [0.4, 0.5) is 4.39 Å². The molecule has 0 unspecified atom stereocenters. The highest BCUT2D eigenvalue weighted by molar-refractivity contribution is 9.10. The fourth-order valence-corrected chi connectivity index (χ4v) is 4.05. The molecule has 1 aliphatic heterocycles. The lowest BCUT2D eigenvalue weighted by Gasteiger charge is -2.32. The van der Waals surface area contributed by atoms with E-state index in [1.807, 2.05) is 11.8 Å². The van der Waals surface area contributed by atoms with Gasteiger partial charge in [-0.2, -0.15) is 0 Å². The summed E-state index contributed by atoms with van der Waals surface area (Å²) in [6.45, 7) is 2.75. The minimum absolute atomic E-state index is 0.0690. The van der Waals surface area contributed by atoms with Gasteiger partial charge in [0.05, 0.1) is 6.04 Å². The Balaban J connectivity index is 1.78. The zero-order valence-corrected chi connectivity index (χ0v) is 14.5. The second-order valence-corrected chi connectivity index (χ2v) is 7.17. The summed E-state index contributed by atoms with van der Waals surface area (Å²) >= 11 is 5.05. The quantitative estimate of drug-likeness (QED) is 0.685. The summed E-state index contributed by atoms with van der Waals surface area (Å²) < 4.78 is 14.5. The molecule has 3 rings (SSSR count). The number of thiophene rings is 1. The van der Waals surface area contributed by atoms with Crippen molar-refractivity contribution in [2.24, 2.45) is 0 Å². The minimum atomic E-state index is -0.334. The lowest BCUT2D eigenvalue weighted by Crippen LogP contribution is -2.37. The molecule has 114 valence electrons. The molecule has 0 spiro atoms. The van der Waals surface area contributed by atoms with Gasteiger partial charge in [-0.25, -0.2) is 4.39 Å². The highest BCUT2D eigenvalue weighted by atomic mass is 79.9. The van der Waals surface area contributed by atoms with E-state index in [1.165, 1.54) is 28.7 Å². The van der Waals surface area contributed by atoms with Gasteiger partial charge in [0.15, 0.2) is 0 Å². The summed E-state index contributed by atoms with van der Waals surface area (Å²) in [5.41, 5.74) is 1.63. The van der Waals surface area contributed by atoms with Crippen molar-refractivity contribution >= 4 is 39.2 Å². The van der Waals surface area contributed by atoms with Crippen molar-refractivity contribution in [2.45, 2.75) is 19.4 Å². The highest BCUT2D eigenvalue weighted by Crippen LogP contribution is 2.33. The number of carbonyl (C=O) groups excluding carboxylic acids is 1. The third-order valence-corrected chi connectivity index (χ3v) is 5.41. The predicted molar refractivity (Wildman–Crippen MR) is 91.3 cm³/mol. The normalized spacial score (nSPS) is 17.8. The maximum absolute atomic E-state index is 13.7. The molecule has 1 amide bonds. The molecule has 1 atom stereocenters. The second kappa shape index (κ2) is 6.34. The first-order valence-corrected chi connectivity index (χ1v) is 8.73. The van der Waals surface area contributed by atoms with E-state index in [0.717, 1.165) is 10.9 Å². The van der Waals surface area contributed by atoms with Gasteiger partial charge in [0, 0.05) is 27.5 Å². The van der Waals surface area contributed by atoms with E-state index in [-0.39, 0.29) is 17.8 Å². The Kier molecular flexibility index (Phi) is 4.45. The van der Waals surface area contributed by atoms with Gasteiger partial charge in [-0.1, -0.05) is 15.9 Å². The van der Waals surface area contributed by atoms with Crippen molar-refractivity contribution in [1.29, 1.82) is 0 Å². The molecule has 0 radical (unpaired) electrons. The number of halogens is 2. The van der Waals surface area contributed by atoms with Gasteiger partial charge in [-0.15, -0.1) is 11.3 Å². The van der Waals surface area contributed by atoms with E-state index in [1.54, 1.807) is 23.5 Å². The van der Waals surface area contributed by atoms with Crippen LogP contribution in [-0.2, 0) is 11.2 Å². The number of benzene rings is 1. The number of hydrogen-bond donors (Lipinski definition) is 0. The number of hydrogen-bond acceptors (Lipinski definition) is 2. The van der Waals surface area contributed by atoms with Crippen LogP contribution in [0, 0.1) is 5.82 Å². The number of rotatable bonds is 2. The average molecular weight is 380 g/mol. The summed E-state index contributed by atoms with van der Waals surface area (Å²) in [7, 11) is 0. The Hall–Kier alpha value is -1.46. The maximum atomic E-state index is 13.7. The smallest absolute Gasteiger partial charge is 0.247 e. The van der Waals surface area contributed by atoms with Crippen molar-refractivity contribution in [1.82, 2.24) is 4.90 Å². The molecular weight excluding hydrogens is 365 g/mol. The Labute approximate surface area is 141 Å². The summed E-state index contributed by atoms with van der Waals surface area (Å²) in [6.07, 6.45) is 3.89. The summed E-state index contributed by atoms with van der Waals surface area (Å²) in [4.78, 5) is 15.6. The van der Waals surface area contributed by atoms with Gasteiger partial charge in [0.2, 0.25) is 5.91 Å². The first kappa shape index (κ1) is 15.4. The zero-order valence-electron chi connectivity index (χ0n) is 12.1. The van der Waals surface area contributed by atoms with Gasteiger partial charge in [0.25, 0.3) is 0 Å². The maximum Gasteiger partial charge on any atom is 0.247 e. The van der Waals surface area contributed by atoms with Gasteiger partial charge in [0.1, 0.15) is 5.82 Å². The molecule has 1 aromatic carbocycles. The fourth-order valence-electron chi connectivity index (χ4n) is 2.71. The molecule has 1 aromatic heterocycles. The molecule has 0 saturated carbocycles. The van der Waals surface area contributed by atoms with Gasteiger partial charge >= 0.3 is 0 Å². The Morgan fingerprint density at radius 1 is 1.45 bits per heavy atom. The van der Waals surface area contributed by atoms with Crippen molar-refractivity contribution in [3.05, 3.63) is 62.0 Å². The molecule has 0 saturated heterocycles. The highest BCUT2D eigenvalue weighted by Gasteiger charge is 2.26. The molecular formula is C17H15BrFNOS. The first-order valence-electron chi connectivity index (χ1n) is 7.06. The number of carbonyl (C=O) groups is 1. The van der Waals surface area contributed by atoms with Crippen LogP contribution in [0.15, 0.2) is 40.2 Å². The molecule has 0 fully saturated rings. The van der Waals surface area contributed by atoms with Crippen molar-refractivity contribution in [2.75, 3.05) is 6.54 Å². The van der Waals surface area contributed by atoms with Crippen molar-refractivity contribution in [3.8, 4) is 0 Å². The lowest BCUT2D eigenvalue weighted by atomic mass is 10.0. The second-order valence-electron chi connectivity index (χ2n) is 5.26. The van der Waals surface area contributed by atoms with Gasteiger partial charge in [-0.05, 0) is 54.6 Å². The molecule has 0 aliphatic carbocycles. The van der Waals surface area contributed by atoms with Crippen LogP contribution in [0.1, 0.15) is 29.0 Å². The Bertz CT molecular complexity index is 740. The van der Waals surface area contributed by atoms with Crippen molar-refractivity contribution in [3.63, 3.8) is 0 Å². The van der Waals surface area contributed by atoms with E-state index in [9.17, 15) is 9.18 Å². The molecule has 2 nitrogen and oxygen atoms in total. The third-order valence-electron chi connectivity index (χ3n) is 3.92. The molecule has 1 aliphatic rings. The lowest BCUT2D eigenvalue weighted by molar-refractivity contribution is -0.128. The largest absolute Gasteiger partial charge is 0.332 e. The molecule has 0 bridgehead atoms. The SMILES string of the molecule is C[C@H]1c2ccsc2CCN1C(=O)/C=C/c1cc(Br)ccc1F. The fraction of sp³-hybridized carbons (Fsp3) is 0.235. The van der Waals surface area contributed by atoms with E-state index >= 15 is 0 Å². The summed E-state index contributed by atoms with van der Waals surface area (Å²) in [5, 5.41) is 2.07. The van der Waals surface area contributed by atoms with Crippen LogP contribution >= 0.6 is 27.3 Å². The standard InChI is InChI=1S/C17H15BrFNOS/c1-11-14-7-9-22-16(14)6-8-20(11)17(21)5-2-12-10-13(18)3-4-15(12)19/h2-5,7,9-11H,6,8H2,1H3/b5-2+/t11-/m0/s1. The summed E-state index contributed by atoms with van der Waals surface area (Å²) in [5.74, 6) is -0.414. The van der Waals surface area contributed by atoms with Crippen LogP contribution in [0.2, 0.25) is 0 Å². The number of fused-ring (bicyclic) bond motifs is 1. The van der Waals surface area contributed by atoms with Gasteiger partial charge in [-0.3, -0.25) is 4.79 Å². The molecule has 2 aromatic rings. The van der Waals surface area contributed by atoms with Crippen LogP contribution < -0.4 is 0 Å². The number of amides is 1. The van der Waals surface area contributed by atoms with Crippen LogP contribution in [-0.4, -0.2) is 17.4 Å². The Morgan fingerprint density at radius 2 is 2.27 bits per heavy atom. The molecule has 2 heterocycles. The first-order chi connectivity index (χ1) is 10.6. The predicted octanol–water partition coefficient (Wildman–Crippen LogP) is 4.81. The number of nitrogens with zero attached hydrogens (tertiary/aromatic N) is 1. The van der Waals surface area contributed by atoms with E-state index < -0.39 is 0 Å². The van der Waals surface area contributed by atoms with E-state index in [0.29, 0.717) is 12.1 Å². The Morgan fingerprint density at radius 3 is 3.09 bits per heavy atom.